The normalized spacial score (nSPS) is 12.0. The van der Waals surface area contributed by atoms with Crippen LogP contribution in [0.2, 0.25) is 19.6 Å². The average molecular weight is 215 g/mol. The smallest absolute Gasteiger partial charge is 0.0804 e. The van der Waals surface area contributed by atoms with Gasteiger partial charge in [-0.2, -0.15) is 0 Å². The van der Waals surface area contributed by atoms with E-state index >= 15 is 0 Å². The Hall–Kier alpha value is -1.15. The van der Waals surface area contributed by atoms with Crippen LogP contribution in [-0.2, 0) is 0 Å². The third kappa shape index (κ3) is 1.82. The van der Waals surface area contributed by atoms with Crippen LogP contribution in [0, 0.1) is 6.92 Å². The number of pyridine rings is 1. The van der Waals surface area contributed by atoms with E-state index in [1.54, 1.807) is 0 Å². The van der Waals surface area contributed by atoms with Gasteiger partial charge in [-0.15, -0.1) is 0 Å². The van der Waals surface area contributed by atoms with Gasteiger partial charge in [0.2, 0.25) is 0 Å². The molecule has 0 aliphatic carbocycles. The summed E-state index contributed by atoms with van der Waals surface area (Å²) in [6.07, 6.45) is 1.92. The summed E-state index contributed by atoms with van der Waals surface area (Å²) in [4.78, 5) is 4.54. The summed E-state index contributed by atoms with van der Waals surface area (Å²) in [6, 6.07) is 8.64. The Kier molecular flexibility index (Phi) is 2.39. The van der Waals surface area contributed by atoms with E-state index in [1.807, 2.05) is 6.20 Å². The van der Waals surface area contributed by atoms with Gasteiger partial charge < -0.3 is 0 Å². The van der Waals surface area contributed by atoms with Crippen molar-refractivity contribution in [1.29, 1.82) is 0 Å². The lowest BCUT2D eigenvalue weighted by Crippen LogP contribution is -2.38. The summed E-state index contributed by atoms with van der Waals surface area (Å²) in [7, 11) is -1.28. The van der Waals surface area contributed by atoms with Crippen molar-refractivity contribution in [2.45, 2.75) is 26.6 Å². The zero-order valence-corrected chi connectivity index (χ0v) is 10.8. The summed E-state index contributed by atoms with van der Waals surface area (Å²) < 4.78 is 0. The molecule has 0 unspecified atom stereocenters. The van der Waals surface area contributed by atoms with Crippen LogP contribution in [0.5, 0.6) is 0 Å². The first-order valence-electron chi connectivity index (χ1n) is 5.35. The molecular formula is C13H17NSi. The number of fused-ring (bicyclic) bond motifs is 1. The number of benzene rings is 1. The second-order valence-corrected chi connectivity index (χ2v) is 10.1. The molecule has 0 aliphatic rings. The van der Waals surface area contributed by atoms with Crippen molar-refractivity contribution in [1.82, 2.24) is 4.98 Å². The molecule has 0 saturated carbocycles. The van der Waals surface area contributed by atoms with E-state index in [-0.39, 0.29) is 0 Å². The number of para-hydroxylation sites is 1. The monoisotopic (exact) mass is 215 g/mol. The zero-order valence-electron chi connectivity index (χ0n) is 9.83. The second-order valence-electron chi connectivity index (χ2n) is 5.08. The number of rotatable bonds is 1. The molecule has 1 nitrogen and oxygen atoms in total. The van der Waals surface area contributed by atoms with Gasteiger partial charge in [0.05, 0.1) is 13.6 Å². The van der Waals surface area contributed by atoms with Crippen molar-refractivity contribution in [3.8, 4) is 0 Å². The maximum absolute atomic E-state index is 4.54. The molecule has 2 heteroatoms. The Bertz CT molecular complexity index is 497. The molecule has 0 bridgehead atoms. The van der Waals surface area contributed by atoms with E-state index in [9.17, 15) is 0 Å². The SMILES string of the molecule is Cc1ccnc2c([Si](C)(C)C)cccc12. The van der Waals surface area contributed by atoms with E-state index in [0.29, 0.717) is 0 Å². The van der Waals surface area contributed by atoms with Crippen molar-refractivity contribution < 1.29 is 0 Å². The third-order valence-corrected chi connectivity index (χ3v) is 4.82. The van der Waals surface area contributed by atoms with Crippen molar-refractivity contribution in [2.24, 2.45) is 0 Å². The summed E-state index contributed by atoms with van der Waals surface area (Å²) in [5, 5.41) is 2.76. The van der Waals surface area contributed by atoms with Gasteiger partial charge in [-0.25, -0.2) is 0 Å². The standard InChI is InChI=1S/C13H17NSi/c1-10-8-9-14-13-11(10)6-5-7-12(13)15(2,3)4/h5-9H,1-4H3. The van der Waals surface area contributed by atoms with Crippen LogP contribution >= 0.6 is 0 Å². The fourth-order valence-corrected chi connectivity index (χ4v) is 3.43. The van der Waals surface area contributed by atoms with E-state index in [4.69, 9.17) is 0 Å². The Balaban J connectivity index is 2.83. The Morgan fingerprint density at radius 1 is 1.07 bits per heavy atom. The lowest BCUT2D eigenvalue weighted by molar-refractivity contribution is 1.37. The highest BCUT2D eigenvalue weighted by molar-refractivity contribution is 6.90. The highest BCUT2D eigenvalue weighted by Gasteiger charge is 2.19. The number of hydrogen-bond donors (Lipinski definition) is 0. The van der Waals surface area contributed by atoms with Gasteiger partial charge in [0.15, 0.2) is 0 Å². The van der Waals surface area contributed by atoms with Crippen LogP contribution in [0.3, 0.4) is 0 Å². The molecule has 2 rings (SSSR count). The van der Waals surface area contributed by atoms with Crippen LogP contribution < -0.4 is 5.19 Å². The van der Waals surface area contributed by atoms with E-state index in [0.717, 1.165) is 0 Å². The van der Waals surface area contributed by atoms with Crippen LogP contribution in [0.15, 0.2) is 30.5 Å². The highest BCUT2D eigenvalue weighted by Crippen LogP contribution is 2.16. The Labute approximate surface area is 92.2 Å². The molecule has 1 aromatic carbocycles. The minimum absolute atomic E-state index is 1.21. The molecule has 0 radical (unpaired) electrons. The van der Waals surface area contributed by atoms with Gasteiger partial charge in [-0.3, -0.25) is 4.98 Å². The zero-order chi connectivity index (χ0) is 11.1. The number of nitrogens with zero attached hydrogens (tertiary/aromatic N) is 1. The molecule has 2 aromatic rings. The van der Waals surface area contributed by atoms with Gasteiger partial charge in [-0.1, -0.05) is 37.8 Å². The molecule has 0 aliphatic heterocycles. The first-order valence-corrected chi connectivity index (χ1v) is 8.85. The molecule has 0 spiro atoms. The molecule has 0 N–H and O–H groups in total. The number of aromatic nitrogens is 1. The average Bonchev–Trinajstić information content (AvgIpc) is 2.16. The van der Waals surface area contributed by atoms with Gasteiger partial charge >= 0.3 is 0 Å². The molecule has 0 fully saturated rings. The van der Waals surface area contributed by atoms with Crippen molar-refractivity contribution >= 4 is 24.2 Å². The minimum atomic E-state index is -1.28. The maximum Gasteiger partial charge on any atom is 0.0804 e. The summed E-state index contributed by atoms with van der Waals surface area (Å²) >= 11 is 0. The van der Waals surface area contributed by atoms with Crippen LogP contribution in [0.1, 0.15) is 5.56 Å². The first kappa shape index (κ1) is 10.4. The lowest BCUT2D eigenvalue weighted by atomic mass is 10.1. The van der Waals surface area contributed by atoms with Gasteiger partial charge in [0, 0.05) is 11.6 Å². The van der Waals surface area contributed by atoms with Crippen molar-refractivity contribution in [3.63, 3.8) is 0 Å². The van der Waals surface area contributed by atoms with Crippen molar-refractivity contribution in [2.75, 3.05) is 0 Å². The predicted molar refractivity (Wildman–Crippen MR) is 69.5 cm³/mol. The minimum Gasteiger partial charge on any atom is -0.256 e. The highest BCUT2D eigenvalue weighted by atomic mass is 28.3. The molecule has 1 heterocycles. The number of hydrogen-bond acceptors (Lipinski definition) is 1. The molecule has 0 atom stereocenters. The molecule has 0 amide bonds. The molecular weight excluding hydrogens is 198 g/mol. The Morgan fingerprint density at radius 3 is 2.47 bits per heavy atom. The fourth-order valence-electron chi connectivity index (χ4n) is 1.92. The summed E-state index contributed by atoms with van der Waals surface area (Å²) in [6.45, 7) is 9.25. The molecule has 0 saturated heterocycles. The molecule has 78 valence electrons. The third-order valence-electron chi connectivity index (χ3n) is 2.80. The topological polar surface area (TPSA) is 12.9 Å². The van der Waals surface area contributed by atoms with Crippen molar-refractivity contribution in [3.05, 3.63) is 36.0 Å². The van der Waals surface area contributed by atoms with Gasteiger partial charge in [-0.05, 0) is 23.7 Å². The van der Waals surface area contributed by atoms with E-state index < -0.39 is 8.07 Å². The lowest BCUT2D eigenvalue weighted by Gasteiger charge is -2.18. The predicted octanol–water partition coefficient (Wildman–Crippen LogP) is 3.09. The van der Waals surface area contributed by atoms with E-state index in [2.05, 4.69) is 55.8 Å². The maximum atomic E-state index is 4.54. The second kappa shape index (κ2) is 3.45. The van der Waals surface area contributed by atoms with Gasteiger partial charge in [0.25, 0.3) is 0 Å². The van der Waals surface area contributed by atoms with Crippen LogP contribution in [-0.4, -0.2) is 13.1 Å². The largest absolute Gasteiger partial charge is 0.256 e. The van der Waals surface area contributed by atoms with Gasteiger partial charge in [0.1, 0.15) is 0 Å². The fraction of sp³-hybridized carbons (Fsp3) is 0.308. The quantitative estimate of drug-likeness (QED) is 0.666. The Morgan fingerprint density at radius 2 is 1.80 bits per heavy atom. The van der Waals surface area contributed by atoms with Crippen LogP contribution in [0.25, 0.3) is 10.9 Å². The first-order chi connectivity index (χ1) is 7.00. The summed E-state index contributed by atoms with van der Waals surface area (Å²) in [5.41, 5.74) is 2.52. The van der Waals surface area contributed by atoms with E-state index in [1.165, 1.54) is 21.7 Å². The molecule has 1 aromatic heterocycles. The summed E-state index contributed by atoms with van der Waals surface area (Å²) in [5.74, 6) is 0. The molecule has 15 heavy (non-hydrogen) atoms. The number of aryl methyl sites for hydroxylation is 1. The van der Waals surface area contributed by atoms with Crippen LogP contribution in [0.4, 0.5) is 0 Å².